The summed E-state index contributed by atoms with van der Waals surface area (Å²) in [4.78, 5) is 0. The monoisotopic (exact) mass is 172 g/mol. The molecule has 0 aliphatic carbocycles. The van der Waals surface area contributed by atoms with Gasteiger partial charge < -0.3 is 0 Å². The Morgan fingerprint density at radius 2 is 1.92 bits per heavy atom. The molecule has 0 heterocycles. The van der Waals surface area contributed by atoms with Gasteiger partial charge in [0.1, 0.15) is 7.85 Å². The van der Waals surface area contributed by atoms with Gasteiger partial charge in [-0.2, -0.15) is 0 Å². The number of allylic oxidation sites excluding steroid dienone is 8. The number of rotatable bonds is 4. The van der Waals surface area contributed by atoms with Crippen LogP contribution in [0.15, 0.2) is 60.2 Å². The highest BCUT2D eigenvalue weighted by Crippen LogP contribution is 2.13. The van der Waals surface area contributed by atoms with E-state index in [2.05, 4.69) is 27.9 Å². The quantitative estimate of drug-likeness (QED) is 0.451. The first-order valence-electron chi connectivity index (χ1n) is 4.42. The molecule has 13 heavy (non-hydrogen) atoms. The Kier molecular flexibility index (Phi) is 5.70. The molecule has 0 fully saturated rings. The minimum atomic E-state index is 1.01. The summed E-state index contributed by atoms with van der Waals surface area (Å²) in [6.45, 7) is 11.8. The van der Waals surface area contributed by atoms with Crippen LogP contribution in [0.1, 0.15) is 13.8 Å². The van der Waals surface area contributed by atoms with Crippen LogP contribution in [0.3, 0.4) is 0 Å². The Morgan fingerprint density at radius 1 is 1.31 bits per heavy atom. The summed E-state index contributed by atoms with van der Waals surface area (Å²) in [5.41, 5.74) is 3.37. The Hall–Kier alpha value is -1.24. The molecule has 0 rings (SSSR count). The van der Waals surface area contributed by atoms with E-state index in [1.54, 1.807) is 0 Å². The van der Waals surface area contributed by atoms with Gasteiger partial charge >= 0.3 is 0 Å². The lowest BCUT2D eigenvalue weighted by molar-refractivity contribution is 1.49. The van der Waals surface area contributed by atoms with Crippen molar-refractivity contribution < 1.29 is 0 Å². The van der Waals surface area contributed by atoms with Gasteiger partial charge in [0.15, 0.2) is 0 Å². The fraction of sp³-hybridized carbons (Fsp3) is 0.167. The van der Waals surface area contributed by atoms with E-state index in [1.807, 2.05) is 37.3 Å². The van der Waals surface area contributed by atoms with Crippen LogP contribution >= 0.6 is 0 Å². The van der Waals surface area contributed by atoms with Gasteiger partial charge in [-0.15, -0.1) is 5.47 Å². The van der Waals surface area contributed by atoms with E-state index < -0.39 is 0 Å². The lowest BCUT2D eigenvalue weighted by Gasteiger charge is -2.03. The average molecular weight is 172 g/mol. The zero-order valence-electron chi connectivity index (χ0n) is 8.80. The van der Waals surface area contributed by atoms with Gasteiger partial charge in [0.25, 0.3) is 0 Å². The highest BCUT2D eigenvalue weighted by atomic mass is 14.0. The summed E-state index contributed by atoms with van der Waals surface area (Å²) >= 11 is 0. The van der Waals surface area contributed by atoms with Crippen LogP contribution in [0.5, 0.6) is 0 Å². The summed E-state index contributed by atoms with van der Waals surface area (Å²) in [5.74, 6) is 0. The third-order valence-electron chi connectivity index (χ3n) is 1.69. The molecule has 0 radical (unpaired) electrons. The molecule has 0 aliphatic heterocycles. The lowest BCUT2D eigenvalue weighted by Crippen LogP contribution is -1.86. The van der Waals surface area contributed by atoms with Gasteiger partial charge in [-0.05, 0) is 18.1 Å². The minimum Gasteiger partial charge on any atom is -0.105 e. The second-order valence-electron chi connectivity index (χ2n) is 3.03. The van der Waals surface area contributed by atoms with E-state index in [1.165, 1.54) is 5.47 Å². The molecular weight excluding hydrogens is 155 g/mol. The van der Waals surface area contributed by atoms with Crippen LogP contribution < -0.4 is 0 Å². The maximum Gasteiger partial charge on any atom is 0.134 e. The summed E-state index contributed by atoms with van der Waals surface area (Å²) < 4.78 is 0. The molecule has 0 aromatic carbocycles. The summed E-state index contributed by atoms with van der Waals surface area (Å²) in [6, 6.07) is 0. The van der Waals surface area contributed by atoms with Crippen LogP contribution in [-0.4, -0.2) is 7.85 Å². The Labute approximate surface area is 82.5 Å². The second-order valence-corrected chi connectivity index (χ2v) is 3.03. The van der Waals surface area contributed by atoms with Crippen molar-refractivity contribution in [1.82, 2.24) is 0 Å². The van der Waals surface area contributed by atoms with Crippen LogP contribution in [-0.2, 0) is 0 Å². The van der Waals surface area contributed by atoms with Gasteiger partial charge in [-0.1, -0.05) is 50.5 Å². The van der Waals surface area contributed by atoms with Crippen LogP contribution in [0.4, 0.5) is 0 Å². The van der Waals surface area contributed by atoms with Crippen molar-refractivity contribution in [2.75, 3.05) is 0 Å². The zero-order chi connectivity index (χ0) is 10.3. The molecule has 1 heteroatoms. The van der Waals surface area contributed by atoms with Gasteiger partial charge in [0, 0.05) is 0 Å². The van der Waals surface area contributed by atoms with Crippen molar-refractivity contribution in [2.45, 2.75) is 13.8 Å². The average Bonchev–Trinajstić information content (AvgIpc) is 2.05. The van der Waals surface area contributed by atoms with Crippen molar-refractivity contribution in [3.63, 3.8) is 0 Å². The first-order chi connectivity index (χ1) is 6.13. The fourth-order valence-corrected chi connectivity index (χ4v) is 1.03. The molecule has 68 valence electrons. The van der Waals surface area contributed by atoms with Gasteiger partial charge in [-0.3, -0.25) is 0 Å². The maximum absolute atomic E-state index is 3.97. The Bertz CT molecular complexity index is 273. The molecule has 0 unspecified atom stereocenters. The normalized spacial score (nSPS) is 13.4. The minimum absolute atomic E-state index is 1.01. The Balaban J connectivity index is 4.60. The summed E-state index contributed by atoms with van der Waals surface area (Å²) in [7, 11) is 2.06. The largest absolute Gasteiger partial charge is 0.134 e. The third kappa shape index (κ3) is 4.36. The maximum atomic E-state index is 3.97. The molecule has 0 saturated heterocycles. The third-order valence-corrected chi connectivity index (χ3v) is 1.69. The summed E-state index contributed by atoms with van der Waals surface area (Å²) in [6.07, 6.45) is 9.78. The van der Waals surface area contributed by atoms with Crippen LogP contribution in [0.25, 0.3) is 0 Å². The molecule has 0 aromatic heterocycles. The Morgan fingerprint density at radius 3 is 2.31 bits per heavy atom. The molecule has 0 aromatic rings. The van der Waals surface area contributed by atoms with Gasteiger partial charge in [0.05, 0.1) is 0 Å². The topological polar surface area (TPSA) is 0 Å². The molecule has 0 aliphatic rings. The fourth-order valence-electron chi connectivity index (χ4n) is 1.03. The molecule has 0 atom stereocenters. The van der Waals surface area contributed by atoms with E-state index in [-0.39, 0.29) is 0 Å². The number of hydrogen-bond donors (Lipinski definition) is 0. The zero-order valence-corrected chi connectivity index (χ0v) is 8.80. The molecule has 0 bridgehead atoms. The van der Waals surface area contributed by atoms with E-state index >= 15 is 0 Å². The lowest BCUT2D eigenvalue weighted by atomic mass is 9.88. The smallest absolute Gasteiger partial charge is 0.105 e. The van der Waals surface area contributed by atoms with Gasteiger partial charge in [-0.25, -0.2) is 0 Å². The highest BCUT2D eigenvalue weighted by Gasteiger charge is 1.95. The van der Waals surface area contributed by atoms with E-state index in [0.29, 0.717) is 0 Å². The van der Waals surface area contributed by atoms with Crippen LogP contribution in [0.2, 0.25) is 0 Å². The first-order valence-corrected chi connectivity index (χ1v) is 4.42. The second kappa shape index (κ2) is 6.30. The van der Waals surface area contributed by atoms with E-state index in [0.717, 1.165) is 11.1 Å². The van der Waals surface area contributed by atoms with Crippen molar-refractivity contribution in [3.05, 3.63) is 60.2 Å². The SMILES string of the molecule is B/C(C)=C(/C=C)C(=C)/C=C\C=C/C. The van der Waals surface area contributed by atoms with Crippen molar-refractivity contribution in [2.24, 2.45) is 0 Å². The van der Waals surface area contributed by atoms with E-state index in [9.17, 15) is 0 Å². The van der Waals surface area contributed by atoms with E-state index in [4.69, 9.17) is 0 Å². The van der Waals surface area contributed by atoms with Crippen molar-refractivity contribution in [1.29, 1.82) is 0 Å². The van der Waals surface area contributed by atoms with Crippen molar-refractivity contribution >= 4 is 7.85 Å². The molecule has 0 amide bonds. The van der Waals surface area contributed by atoms with Crippen LogP contribution in [0, 0.1) is 0 Å². The molecular formula is C12H17B. The number of hydrogen-bond acceptors (Lipinski definition) is 0. The van der Waals surface area contributed by atoms with Gasteiger partial charge in [0.2, 0.25) is 0 Å². The summed E-state index contributed by atoms with van der Waals surface area (Å²) in [5, 5.41) is 0. The highest BCUT2D eigenvalue weighted by molar-refractivity contribution is 6.22. The predicted octanol–water partition coefficient (Wildman–Crippen LogP) is 2.77. The molecule has 0 spiro atoms. The molecule has 0 saturated carbocycles. The molecule has 0 nitrogen and oxygen atoms in total. The predicted molar refractivity (Wildman–Crippen MR) is 64.5 cm³/mol. The first kappa shape index (κ1) is 11.8. The standard InChI is InChI=1S/C12H17B/c1-5-7-8-9-10(3)12(6-2)11(4)13/h5-9H,2-3,13H2,1,4H3/b7-5-,9-8-,12-11-. The van der Waals surface area contributed by atoms with Crippen molar-refractivity contribution in [3.8, 4) is 0 Å². The molecule has 0 N–H and O–H groups in total.